The summed E-state index contributed by atoms with van der Waals surface area (Å²) in [5.74, 6) is 0.381. The lowest BCUT2D eigenvalue weighted by Crippen LogP contribution is -2.47. The molecule has 0 spiro atoms. The minimum absolute atomic E-state index is 0.00805. The van der Waals surface area contributed by atoms with Crippen molar-refractivity contribution in [2.75, 3.05) is 25.5 Å². The number of ether oxygens (including phenoxy) is 1. The number of H-pyrrole nitrogens is 1. The van der Waals surface area contributed by atoms with Crippen molar-refractivity contribution in [1.82, 2.24) is 20.0 Å². The van der Waals surface area contributed by atoms with Crippen molar-refractivity contribution in [1.29, 1.82) is 0 Å². The van der Waals surface area contributed by atoms with Crippen molar-refractivity contribution in [3.05, 3.63) is 54.2 Å². The quantitative estimate of drug-likeness (QED) is 0.267. The summed E-state index contributed by atoms with van der Waals surface area (Å²) in [5, 5.41) is 11.2. The van der Waals surface area contributed by atoms with Gasteiger partial charge in [0.1, 0.15) is 6.04 Å². The highest BCUT2D eigenvalue weighted by atomic mass is 16.5. The average Bonchev–Trinajstić information content (AvgIpc) is 3.93. The lowest BCUT2D eigenvalue weighted by molar-refractivity contribution is -0.143. The second-order valence-electron chi connectivity index (χ2n) is 14.0. The summed E-state index contributed by atoms with van der Waals surface area (Å²) in [5.41, 5.74) is 6.22. The summed E-state index contributed by atoms with van der Waals surface area (Å²) in [4.78, 5) is 48.3. The smallest absolute Gasteiger partial charge is 0.248 e. The topological polar surface area (TPSA) is 120 Å². The molecule has 3 aromatic rings. The van der Waals surface area contributed by atoms with Crippen LogP contribution in [0.5, 0.6) is 0 Å². The summed E-state index contributed by atoms with van der Waals surface area (Å²) < 4.78 is 5.37. The zero-order valence-electron chi connectivity index (χ0n) is 29.0. The molecular formula is C38H48N6O4. The highest BCUT2D eigenvalue weighted by molar-refractivity contribution is 6.05. The molecule has 2 saturated heterocycles. The van der Waals surface area contributed by atoms with Gasteiger partial charge in [0.15, 0.2) is 5.82 Å². The van der Waals surface area contributed by atoms with Gasteiger partial charge in [-0.05, 0) is 72.9 Å². The number of fused-ring (bicyclic) bond motifs is 1. The number of carbonyl (C=O) groups excluding carboxylic acids is 3. The third-order valence-electron chi connectivity index (χ3n) is 10.8. The predicted octanol–water partition coefficient (Wildman–Crippen LogP) is 6.30. The third-order valence-corrected chi connectivity index (χ3v) is 10.8. The fourth-order valence-electron chi connectivity index (χ4n) is 7.09. The molecule has 48 heavy (non-hydrogen) atoms. The van der Waals surface area contributed by atoms with E-state index in [0.29, 0.717) is 24.7 Å². The number of rotatable bonds is 10. The van der Waals surface area contributed by atoms with Crippen molar-refractivity contribution in [2.45, 2.75) is 84.9 Å². The van der Waals surface area contributed by atoms with Crippen LogP contribution >= 0.6 is 0 Å². The van der Waals surface area contributed by atoms with Crippen LogP contribution in [0.15, 0.2) is 53.7 Å². The Kier molecular flexibility index (Phi) is 9.83. The van der Waals surface area contributed by atoms with E-state index in [2.05, 4.69) is 58.5 Å². The Morgan fingerprint density at radius 3 is 2.27 bits per heavy atom. The monoisotopic (exact) mass is 652 g/mol. The number of carbonyl (C=O) groups is 3. The number of anilines is 1. The van der Waals surface area contributed by atoms with Gasteiger partial charge in [-0.1, -0.05) is 58.0 Å². The number of aromatic nitrogens is 2. The van der Waals surface area contributed by atoms with Gasteiger partial charge in [0, 0.05) is 49.8 Å². The summed E-state index contributed by atoms with van der Waals surface area (Å²) in [7, 11) is 1.59. The maximum Gasteiger partial charge on any atom is 0.248 e. The van der Waals surface area contributed by atoms with Crippen LogP contribution in [0.1, 0.15) is 72.3 Å². The average molecular weight is 653 g/mol. The number of aliphatic imine (C=N–C) groups is 1. The second-order valence-corrected chi connectivity index (χ2v) is 14.0. The van der Waals surface area contributed by atoms with E-state index in [-0.39, 0.29) is 41.7 Å². The zero-order chi connectivity index (χ0) is 34.1. The number of benzene rings is 2. The number of allylic oxidation sites excluding steroid dienone is 1. The van der Waals surface area contributed by atoms with Crippen LogP contribution in [-0.4, -0.2) is 81.8 Å². The predicted molar refractivity (Wildman–Crippen MR) is 189 cm³/mol. The van der Waals surface area contributed by atoms with Crippen LogP contribution < -0.4 is 5.32 Å². The molecule has 0 aliphatic carbocycles. The molecule has 10 heteroatoms. The Morgan fingerprint density at radius 2 is 1.54 bits per heavy atom. The van der Waals surface area contributed by atoms with Gasteiger partial charge in [-0.25, -0.2) is 0 Å². The zero-order valence-corrected chi connectivity index (χ0v) is 29.0. The van der Waals surface area contributed by atoms with Crippen LogP contribution in [0.3, 0.4) is 0 Å². The molecule has 6 rings (SSSR count). The molecule has 0 saturated carbocycles. The molecule has 2 fully saturated rings. The van der Waals surface area contributed by atoms with E-state index in [4.69, 9.17) is 9.73 Å². The minimum atomic E-state index is -0.540. The Labute approximate surface area is 283 Å². The van der Waals surface area contributed by atoms with E-state index in [1.807, 2.05) is 45.2 Å². The molecule has 0 unspecified atom stereocenters. The number of aromatic amines is 1. The normalized spacial score (nSPS) is 21.4. The summed E-state index contributed by atoms with van der Waals surface area (Å²) >= 11 is 0. The van der Waals surface area contributed by atoms with Gasteiger partial charge < -0.3 is 19.9 Å². The number of methoxy groups -OCH3 is 1. The Bertz CT molecular complexity index is 1740. The highest BCUT2D eigenvalue weighted by Gasteiger charge is 2.38. The Balaban J connectivity index is 1.12. The van der Waals surface area contributed by atoms with Crippen LogP contribution in [0.2, 0.25) is 0 Å². The highest BCUT2D eigenvalue weighted by Crippen LogP contribution is 2.34. The van der Waals surface area contributed by atoms with Gasteiger partial charge in [0.2, 0.25) is 17.7 Å². The molecule has 2 aromatic carbocycles. The lowest BCUT2D eigenvalue weighted by atomic mass is 9.94. The van der Waals surface area contributed by atoms with Gasteiger partial charge in [-0.15, -0.1) is 0 Å². The molecule has 10 nitrogen and oxygen atoms in total. The molecule has 0 bridgehead atoms. The first-order chi connectivity index (χ1) is 23.1. The maximum atomic E-state index is 13.4. The molecule has 2 N–H and O–H groups in total. The number of nitrogens with zero attached hydrogens (tertiary/aromatic N) is 4. The molecule has 3 aliphatic rings. The first-order valence-corrected chi connectivity index (χ1v) is 17.4. The van der Waals surface area contributed by atoms with Gasteiger partial charge >= 0.3 is 0 Å². The fourth-order valence-corrected chi connectivity index (χ4v) is 7.09. The van der Waals surface area contributed by atoms with E-state index in [0.717, 1.165) is 71.1 Å². The number of hydrogen-bond acceptors (Lipinski definition) is 6. The van der Waals surface area contributed by atoms with Crippen molar-refractivity contribution in [3.8, 4) is 11.1 Å². The van der Waals surface area contributed by atoms with Crippen molar-refractivity contribution in [3.63, 3.8) is 0 Å². The molecule has 1 aromatic heterocycles. The summed E-state index contributed by atoms with van der Waals surface area (Å²) in [6.45, 7) is 11.3. The van der Waals surface area contributed by atoms with Crippen LogP contribution in [0, 0.1) is 17.8 Å². The van der Waals surface area contributed by atoms with E-state index in [9.17, 15) is 14.4 Å². The van der Waals surface area contributed by atoms with Crippen LogP contribution in [0.4, 0.5) is 5.82 Å². The van der Waals surface area contributed by atoms with E-state index >= 15 is 0 Å². The van der Waals surface area contributed by atoms with Gasteiger partial charge in [0.25, 0.3) is 0 Å². The Hall–Kier alpha value is -4.31. The summed E-state index contributed by atoms with van der Waals surface area (Å²) in [6.07, 6.45) is 5.86. The lowest BCUT2D eigenvalue weighted by Gasteiger charge is -2.29. The molecule has 4 heterocycles. The number of nitrogens with one attached hydrogen (secondary N) is 2. The maximum absolute atomic E-state index is 13.4. The first-order valence-electron chi connectivity index (χ1n) is 17.4. The van der Waals surface area contributed by atoms with Crippen molar-refractivity contribution in [2.24, 2.45) is 22.7 Å². The molecular weight excluding hydrogens is 604 g/mol. The molecule has 0 radical (unpaired) electrons. The van der Waals surface area contributed by atoms with Crippen LogP contribution in [-0.2, 0) is 19.1 Å². The molecule has 5 atom stereocenters. The fraction of sp³-hybridized carbons (Fsp3) is 0.500. The number of hydrogen-bond donors (Lipinski definition) is 2. The Morgan fingerprint density at radius 1 is 0.875 bits per heavy atom. The molecule has 3 amide bonds. The van der Waals surface area contributed by atoms with Crippen molar-refractivity contribution < 1.29 is 19.1 Å². The minimum Gasteiger partial charge on any atom is -0.381 e. The number of likely N-dealkylation sites (tertiary alicyclic amines) is 2. The SMILES string of the molecule is CO[C@H](C)[C@H](C)C(=O)N1CCC[C@H]1C(=O)Nc1n[nH]c2ccc(-c3ccc(C4=CN=C([C@@H]5CCCN5C(=O)[C@@H](C)C(C)C)C4)cc3)cc12. The van der Waals surface area contributed by atoms with Crippen molar-refractivity contribution >= 4 is 45.7 Å². The van der Waals surface area contributed by atoms with E-state index < -0.39 is 6.04 Å². The molecule has 254 valence electrons. The third kappa shape index (κ3) is 6.55. The number of amides is 3. The van der Waals surface area contributed by atoms with Gasteiger partial charge in [0.05, 0.1) is 23.6 Å². The van der Waals surface area contributed by atoms with E-state index in [1.165, 1.54) is 0 Å². The standard InChI is InChI=1S/C38H48N6O4/c1-22(2)23(3)37(46)43-17-7-9-33(43)32-20-29(21-39-32)27-13-11-26(12-14-27)28-15-16-31-30(19-28)35(42-41-31)40-36(45)34-10-8-18-44(34)38(47)24(4)25(5)48-6/h11-16,19,21-25,33-34H,7-10,17-18,20H2,1-6H3,(H2,40,41,42,45)/t23-,24-,25+,33-,34-/m0/s1. The molecule has 3 aliphatic heterocycles. The van der Waals surface area contributed by atoms with Gasteiger partial charge in [-0.3, -0.25) is 24.5 Å². The summed E-state index contributed by atoms with van der Waals surface area (Å²) in [6, 6.07) is 14.0. The largest absolute Gasteiger partial charge is 0.381 e. The second kappa shape index (κ2) is 14.0. The van der Waals surface area contributed by atoms with Gasteiger partial charge in [-0.2, -0.15) is 5.10 Å². The van der Waals surface area contributed by atoms with Crippen LogP contribution in [0.25, 0.3) is 27.6 Å². The van der Waals surface area contributed by atoms with E-state index in [1.54, 1.807) is 12.0 Å². The first kappa shape index (κ1) is 33.6.